The van der Waals surface area contributed by atoms with Crippen LogP contribution >= 0.6 is 0 Å². The number of esters is 3. The Morgan fingerprint density at radius 3 is 1.77 bits per heavy atom. The van der Waals surface area contributed by atoms with E-state index in [1.807, 2.05) is 7.05 Å². The van der Waals surface area contributed by atoms with E-state index in [0.717, 1.165) is 0 Å². The molecule has 3 aromatic carbocycles. The monoisotopic (exact) mass is 592 g/mol. The summed E-state index contributed by atoms with van der Waals surface area (Å²) < 4.78 is 26.9. The fourth-order valence-electron chi connectivity index (χ4n) is 5.17. The number of ether oxygens (including phenoxy) is 4. The molecule has 1 aliphatic rings. The first kappa shape index (κ1) is 28.6. The molecule has 0 aliphatic carbocycles. The van der Waals surface area contributed by atoms with Crippen LogP contribution in [0.4, 0.5) is 0 Å². The predicted octanol–water partition coefficient (Wildman–Crippen LogP) is 4.55. The van der Waals surface area contributed by atoms with Gasteiger partial charge in [0.15, 0.2) is 18.4 Å². The summed E-state index contributed by atoms with van der Waals surface area (Å²) in [6.45, 7) is -0.349. The summed E-state index contributed by atoms with van der Waals surface area (Å²) in [5.74, 6) is -2.03. The maximum Gasteiger partial charge on any atom is 0.338 e. The van der Waals surface area contributed by atoms with Crippen LogP contribution < -0.4 is 5.56 Å². The lowest BCUT2D eigenvalue weighted by atomic mass is 10.1. The molecule has 0 unspecified atom stereocenters. The topological polar surface area (TPSA) is 115 Å². The molecule has 44 heavy (non-hydrogen) atoms. The van der Waals surface area contributed by atoms with Gasteiger partial charge in [0.2, 0.25) is 0 Å². The Balaban J connectivity index is 1.38. The Kier molecular flexibility index (Phi) is 8.07. The number of hydrogen-bond donors (Lipinski definition) is 0. The third-order valence-corrected chi connectivity index (χ3v) is 7.43. The van der Waals surface area contributed by atoms with Gasteiger partial charge in [0.25, 0.3) is 5.56 Å². The quantitative estimate of drug-likeness (QED) is 0.191. The summed E-state index contributed by atoms with van der Waals surface area (Å²) in [7, 11) is 1.82. The molecule has 0 spiro atoms. The molecule has 2 aromatic heterocycles. The van der Waals surface area contributed by atoms with Crippen LogP contribution in [0.1, 0.15) is 37.3 Å². The molecular weight excluding hydrogens is 564 g/mol. The van der Waals surface area contributed by atoms with Crippen molar-refractivity contribution >= 4 is 28.8 Å². The van der Waals surface area contributed by atoms with Gasteiger partial charge < -0.3 is 23.5 Å². The van der Waals surface area contributed by atoms with Crippen molar-refractivity contribution in [2.75, 3.05) is 6.61 Å². The third kappa shape index (κ3) is 5.75. The van der Waals surface area contributed by atoms with Crippen LogP contribution in [0.2, 0.25) is 0 Å². The first-order valence-electron chi connectivity index (χ1n) is 14.0. The zero-order chi connectivity index (χ0) is 30.6. The van der Waals surface area contributed by atoms with E-state index < -0.39 is 48.0 Å². The van der Waals surface area contributed by atoms with Crippen molar-refractivity contribution in [3.63, 3.8) is 0 Å². The normalized spacial score (nSPS) is 19.4. The van der Waals surface area contributed by atoms with Gasteiger partial charge in [0.05, 0.1) is 27.6 Å². The smallest absolute Gasteiger partial charge is 0.338 e. The second-order valence-electron chi connectivity index (χ2n) is 10.3. The molecule has 1 aliphatic heterocycles. The summed E-state index contributed by atoms with van der Waals surface area (Å²) in [6.07, 6.45) is -1.54. The highest BCUT2D eigenvalue weighted by molar-refractivity contribution is 5.91. The van der Waals surface area contributed by atoms with E-state index in [9.17, 15) is 19.2 Å². The predicted molar refractivity (Wildman–Crippen MR) is 159 cm³/mol. The second kappa shape index (κ2) is 12.4. The molecule has 0 amide bonds. The summed E-state index contributed by atoms with van der Waals surface area (Å²) in [4.78, 5) is 53.1. The maximum absolute atomic E-state index is 13.7. The fourth-order valence-corrected chi connectivity index (χ4v) is 5.17. The summed E-state index contributed by atoms with van der Waals surface area (Å²) >= 11 is 0. The van der Waals surface area contributed by atoms with Crippen LogP contribution in [-0.2, 0) is 26.0 Å². The zero-order valence-corrected chi connectivity index (χ0v) is 23.6. The van der Waals surface area contributed by atoms with E-state index in [-0.39, 0.29) is 17.7 Å². The third-order valence-electron chi connectivity index (χ3n) is 7.43. The van der Waals surface area contributed by atoms with E-state index in [2.05, 4.69) is 0 Å². The molecule has 10 nitrogen and oxygen atoms in total. The van der Waals surface area contributed by atoms with Crippen LogP contribution in [0.5, 0.6) is 0 Å². The van der Waals surface area contributed by atoms with E-state index in [1.54, 1.807) is 114 Å². The lowest BCUT2D eigenvalue weighted by Gasteiger charge is -2.25. The number of pyridine rings is 1. The highest BCUT2D eigenvalue weighted by Crippen LogP contribution is 2.35. The van der Waals surface area contributed by atoms with Crippen molar-refractivity contribution in [2.45, 2.75) is 24.5 Å². The van der Waals surface area contributed by atoms with Gasteiger partial charge in [-0.25, -0.2) is 14.4 Å². The molecule has 10 heteroatoms. The van der Waals surface area contributed by atoms with Crippen LogP contribution in [-0.4, -0.2) is 52.0 Å². The van der Waals surface area contributed by atoms with Crippen LogP contribution in [0.3, 0.4) is 0 Å². The van der Waals surface area contributed by atoms with Crippen molar-refractivity contribution in [3.05, 3.63) is 143 Å². The van der Waals surface area contributed by atoms with Gasteiger partial charge in [-0.1, -0.05) is 54.6 Å². The molecular formula is C34H28N2O8. The van der Waals surface area contributed by atoms with E-state index in [1.165, 1.54) is 10.8 Å². The molecule has 3 heterocycles. The van der Waals surface area contributed by atoms with Crippen molar-refractivity contribution < 1.29 is 33.3 Å². The molecule has 0 radical (unpaired) electrons. The lowest BCUT2D eigenvalue weighted by Crippen LogP contribution is -2.42. The van der Waals surface area contributed by atoms with Gasteiger partial charge in [-0.2, -0.15) is 0 Å². The Morgan fingerprint density at radius 1 is 0.682 bits per heavy atom. The Bertz CT molecular complexity index is 1850. The van der Waals surface area contributed by atoms with Crippen LogP contribution in [0.15, 0.2) is 120 Å². The van der Waals surface area contributed by atoms with Gasteiger partial charge in [0, 0.05) is 19.4 Å². The number of fused-ring (bicyclic) bond motifs is 1. The Hall–Kier alpha value is -5.48. The Morgan fingerprint density at radius 2 is 1.20 bits per heavy atom. The molecule has 5 aromatic rings. The van der Waals surface area contributed by atoms with Crippen molar-refractivity contribution in [2.24, 2.45) is 7.05 Å². The summed E-state index contributed by atoms with van der Waals surface area (Å²) in [6, 6.07) is 28.4. The van der Waals surface area contributed by atoms with Crippen LogP contribution in [0.25, 0.3) is 10.9 Å². The molecule has 0 saturated carbocycles. The van der Waals surface area contributed by atoms with Gasteiger partial charge in [-0.15, -0.1) is 0 Å². The van der Waals surface area contributed by atoms with Gasteiger partial charge in [0.1, 0.15) is 12.7 Å². The van der Waals surface area contributed by atoms with Gasteiger partial charge >= 0.3 is 17.9 Å². The molecule has 6 rings (SSSR count). The van der Waals surface area contributed by atoms with Crippen molar-refractivity contribution in [1.29, 1.82) is 0 Å². The van der Waals surface area contributed by atoms with Crippen molar-refractivity contribution in [1.82, 2.24) is 9.13 Å². The molecule has 1 fully saturated rings. The van der Waals surface area contributed by atoms with Crippen molar-refractivity contribution in [3.8, 4) is 0 Å². The molecule has 0 N–H and O–H groups in total. The number of hydrogen-bond acceptors (Lipinski definition) is 8. The molecule has 0 bridgehead atoms. The minimum absolute atomic E-state index is 0.254. The number of nitrogens with zero attached hydrogens (tertiary/aromatic N) is 2. The van der Waals surface area contributed by atoms with E-state index in [0.29, 0.717) is 16.5 Å². The number of aryl methyl sites for hydroxylation is 1. The minimum atomic E-state index is -1.28. The van der Waals surface area contributed by atoms with Crippen LogP contribution in [0, 0.1) is 0 Å². The Labute approximate surface area is 252 Å². The SMILES string of the molecule is Cn1ccc2c(=O)n([C@@H]3O[C@H](COC(=O)c4ccccc4)[C@H](OC(=O)c4ccccc4)[C@H]3OC(=O)c3ccccc3)ccc21. The second-order valence-corrected chi connectivity index (χ2v) is 10.3. The van der Waals surface area contributed by atoms with Gasteiger partial charge in [-0.3, -0.25) is 9.36 Å². The fraction of sp³-hybridized carbons (Fsp3) is 0.176. The number of carbonyl (C=O) groups is 3. The standard InChI is InChI=1S/C34H28N2O8/c1-35-19-17-25-26(35)18-20-36(30(25)37)31-29(44-34(40)24-15-9-4-10-16-24)28(43-33(39)23-13-7-3-8-14-23)27(42-31)21-41-32(38)22-11-5-2-6-12-22/h2-20,27-29,31H,21H2,1H3/t27-,28+,29-,31-/m1/s1. The number of rotatable bonds is 8. The lowest BCUT2D eigenvalue weighted by molar-refractivity contribution is -0.0632. The first-order chi connectivity index (χ1) is 21.4. The van der Waals surface area contributed by atoms with Gasteiger partial charge in [-0.05, 0) is 48.5 Å². The summed E-state index contributed by atoms with van der Waals surface area (Å²) in [5, 5.41) is 0.420. The average molecular weight is 593 g/mol. The minimum Gasteiger partial charge on any atom is -0.459 e. The summed E-state index contributed by atoms with van der Waals surface area (Å²) in [5.41, 5.74) is 1.13. The van der Waals surface area contributed by atoms with E-state index >= 15 is 0 Å². The molecule has 4 atom stereocenters. The average Bonchev–Trinajstić information content (AvgIpc) is 3.61. The van der Waals surface area contributed by atoms with E-state index in [4.69, 9.17) is 18.9 Å². The number of carbonyl (C=O) groups excluding carboxylic acids is 3. The molecule has 1 saturated heterocycles. The zero-order valence-electron chi connectivity index (χ0n) is 23.6. The first-order valence-corrected chi connectivity index (χ1v) is 14.0. The largest absolute Gasteiger partial charge is 0.459 e. The highest BCUT2D eigenvalue weighted by Gasteiger charge is 2.51. The number of aromatic nitrogens is 2. The maximum atomic E-state index is 13.7. The molecule has 222 valence electrons. The highest BCUT2D eigenvalue weighted by atomic mass is 16.7. The number of benzene rings is 3.